The van der Waals surface area contributed by atoms with Gasteiger partial charge in [-0.2, -0.15) is 0 Å². The van der Waals surface area contributed by atoms with Gasteiger partial charge in [-0.1, -0.05) is 44.6 Å². The zero-order valence-corrected chi connectivity index (χ0v) is 34.4. The molecule has 4 rings (SSSR count). The third kappa shape index (κ3) is 10.8. The normalized spacial score (nSPS) is 40.6. The summed E-state index contributed by atoms with van der Waals surface area (Å²) in [6, 6.07) is -1.16. The van der Waals surface area contributed by atoms with Gasteiger partial charge in [-0.3, -0.25) is 14.4 Å². The number of methoxy groups -OCH3 is 2. The third-order valence-electron chi connectivity index (χ3n) is 12.6. The van der Waals surface area contributed by atoms with E-state index in [4.69, 9.17) is 18.9 Å². The topological polar surface area (TPSA) is 189 Å². The maximum Gasteiger partial charge on any atom is 0.329 e. The second-order valence-corrected chi connectivity index (χ2v) is 17.1. The third-order valence-corrected chi connectivity index (χ3v) is 12.6. The summed E-state index contributed by atoms with van der Waals surface area (Å²) < 4.78 is 23.3. The Labute approximate surface area is 332 Å². The van der Waals surface area contributed by atoms with Gasteiger partial charge in [0.05, 0.1) is 30.5 Å². The van der Waals surface area contributed by atoms with Crippen molar-refractivity contribution in [2.45, 2.75) is 160 Å². The summed E-state index contributed by atoms with van der Waals surface area (Å²) >= 11 is 0. The first kappa shape index (κ1) is 45.9. The second-order valence-electron chi connectivity index (χ2n) is 17.1. The molecule has 3 aliphatic heterocycles. The van der Waals surface area contributed by atoms with Crippen molar-refractivity contribution < 1.29 is 58.6 Å². The number of allylic oxidation sites excluding steroid dienone is 4. The minimum absolute atomic E-state index is 0.0115. The smallest absolute Gasteiger partial charge is 0.329 e. The first-order valence-electron chi connectivity index (χ1n) is 20.5. The predicted octanol–water partition coefficient (Wildman–Crippen LogP) is 3.98. The number of aliphatic hydroxyl groups excluding tert-OH is 3. The molecular weight excluding hydrogens is 722 g/mol. The molecule has 14 atom stereocenters. The molecule has 2 unspecified atom stereocenters. The Morgan fingerprint density at radius 2 is 1.66 bits per heavy atom. The zero-order valence-electron chi connectivity index (χ0n) is 34.4. The van der Waals surface area contributed by atoms with E-state index in [9.17, 15) is 39.6 Å². The number of nitrogens with zero attached hydrogens (tertiary/aromatic N) is 1. The highest BCUT2D eigenvalue weighted by Crippen LogP contribution is 2.39. The van der Waals surface area contributed by atoms with Crippen LogP contribution in [0.15, 0.2) is 36.0 Å². The maximum atomic E-state index is 14.2. The van der Waals surface area contributed by atoms with E-state index in [-0.39, 0.29) is 49.5 Å². The highest BCUT2D eigenvalue weighted by atomic mass is 16.7. The second kappa shape index (κ2) is 20.3. The van der Waals surface area contributed by atoms with Gasteiger partial charge in [-0.15, -0.1) is 6.58 Å². The summed E-state index contributed by atoms with van der Waals surface area (Å²) in [5.74, 6) is -7.99. The fourth-order valence-electron chi connectivity index (χ4n) is 9.20. The fourth-order valence-corrected chi connectivity index (χ4v) is 9.20. The number of esters is 1. The Morgan fingerprint density at radius 3 is 2.32 bits per heavy atom. The number of amides is 1. The first-order valence-corrected chi connectivity index (χ1v) is 20.5. The number of hydrogen-bond donors (Lipinski definition) is 4. The van der Waals surface area contributed by atoms with E-state index in [1.165, 1.54) is 7.11 Å². The van der Waals surface area contributed by atoms with Gasteiger partial charge in [0.2, 0.25) is 5.79 Å². The minimum atomic E-state index is -2.53. The minimum Gasteiger partial charge on any atom is -0.456 e. The summed E-state index contributed by atoms with van der Waals surface area (Å²) in [5, 5.41) is 45.1. The lowest BCUT2D eigenvalue weighted by Gasteiger charge is -2.38. The lowest BCUT2D eigenvalue weighted by molar-refractivity contribution is -0.225. The van der Waals surface area contributed by atoms with Crippen LogP contribution in [0.25, 0.3) is 0 Å². The van der Waals surface area contributed by atoms with Gasteiger partial charge in [-0.05, 0) is 95.5 Å². The predicted molar refractivity (Wildman–Crippen MR) is 208 cm³/mol. The van der Waals surface area contributed by atoms with Crippen LogP contribution in [0.3, 0.4) is 0 Å². The number of cyclic esters (lactones) is 1. The summed E-state index contributed by atoms with van der Waals surface area (Å²) in [4.78, 5) is 57.1. The molecule has 56 heavy (non-hydrogen) atoms. The number of piperidine rings is 1. The number of ketones is 2. The van der Waals surface area contributed by atoms with Crippen molar-refractivity contribution in [2.75, 3.05) is 20.8 Å². The summed E-state index contributed by atoms with van der Waals surface area (Å²) in [6.07, 6.45) is 3.66. The van der Waals surface area contributed by atoms with Crippen molar-refractivity contribution in [1.29, 1.82) is 0 Å². The Balaban J connectivity index is 1.74. The van der Waals surface area contributed by atoms with E-state index in [0.29, 0.717) is 56.9 Å². The van der Waals surface area contributed by atoms with Crippen LogP contribution in [0, 0.1) is 29.6 Å². The Hall–Kier alpha value is -2.78. The van der Waals surface area contributed by atoms with Crippen LogP contribution in [0.5, 0.6) is 0 Å². The van der Waals surface area contributed by atoms with Crippen molar-refractivity contribution in [3.63, 3.8) is 0 Å². The average Bonchev–Trinajstić information content (AvgIpc) is 3.48. The molecule has 1 aliphatic carbocycles. The number of fused-ring (bicyclic) bond motifs is 3. The Morgan fingerprint density at radius 1 is 0.964 bits per heavy atom. The van der Waals surface area contributed by atoms with Crippen molar-refractivity contribution >= 4 is 23.4 Å². The first-order chi connectivity index (χ1) is 26.4. The monoisotopic (exact) mass is 789 g/mol. The molecule has 1 amide bonds. The molecule has 4 aliphatic rings. The van der Waals surface area contributed by atoms with E-state index in [1.54, 1.807) is 34.0 Å². The van der Waals surface area contributed by atoms with Crippen molar-refractivity contribution in [2.24, 2.45) is 29.6 Å². The van der Waals surface area contributed by atoms with E-state index in [1.807, 2.05) is 26.0 Å². The van der Waals surface area contributed by atoms with Crippen LogP contribution >= 0.6 is 0 Å². The highest BCUT2D eigenvalue weighted by Gasteiger charge is 2.57. The van der Waals surface area contributed by atoms with Gasteiger partial charge >= 0.3 is 5.97 Å². The van der Waals surface area contributed by atoms with E-state index in [2.05, 4.69) is 6.58 Å². The average molecular weight is 790 g/mol. The molecule has 13 heteroatoms. The maximum absolute atomic E-state index is 14.2. The van der Waals surface area contributed by atoms with Crippen LogP contribution in [-0.4, -0.2) is 124 Å². The van der Waals surface area contributed by atoms with E-state index in [0.717, 1.165) is 10.5 Å². The Kier molecular flexibility index (Phi) is 16.6. The van der Waals surface area contributed by atoms with Gasteiger partial charge in [0.1, 0.15) is 24.0 Å². The number of rotatable bonds is 6. The molecule has 3 heterocycles. The van der Waals surface area contributed by atoms with E-state index >= 15 is 0 Å². The number of hydrogen-bond acceptors (Lipinski definition) is 12. The van der Waals surface area contributed by atoms with Crippen LogP contribution in [0.1, 0.15) is 105 Å². The molecule has 316 valence electrons. The molecular formula is C43H67NO12. The molecule has 2 bridgehead atoms. The highest BCUT2D eigenvalue weighted by molar-refractivity contribution is 6.39. The number of carbonyl (C=O) groups is 4. The summed E-state index contributed by atoms with van der Waals surface area (Å²) in [7, 11) is 3.02. The molecule has 2 saturated heterocycles. The molecule has 4 N–H and O–H groups in total. The van der Waals surface area contributed by atoms with Crippen molar-refractivity contribution in [3.05, 3.63) is 36.0 Å². The van der Waals surface area contributed by atoms with Crippen molar-refractivity contribution in [1.82, 2.24) is 4.90 Å². The van der Waals surface area contributed by atoms with Crippen molar-refractivity contribution in [3.8, 4) is 0 Å². The van der Waals surface area contributed by atoms with Gasteiger partial charge < -0.3 is 44.3 Å². The lowest BCUT2D eigenvalue weighted by atomic mass is 9.81. The summed E-state index contributed by atoms with van der Waals surface area (Å²) in [5.41, 5.74) is 1.58. The Bertz CT molecular complexity index is 1460. The SMILES string of the molecule is C=CC[C@@H]1C=C(C)C[C@H](C)C[C@H](OC)[C@@H](O)C2C[C@@H](C)[C@@](O)(O2)C(=O)C(=O)N2CCCC[C@H]2C(=O)O[C@H](/C(C)=C/[C@@H]2CCC(O)[C@H](OC)C2)[C@H](C)[C@@H](O)CC1=O. The van der Waals surface area contributed by atoms with Gasteiger partial charge in [-0.25, -0.2) is 4.79 Å². The quantitative estimate of drug-likeness (QED) is 0.172. The largest absolute Gasteiger partial charge is 0.456 e. The number of Topliss-reactive ketones (excluding diaryl/α,β-unsaturated/α-hetero) is 2. The van der Waals surface area contributed by atoms with Crippen LogP contribution in [0.2, 0.25) is 0 Å². The van der Waals surface area contributed by atoms with Crippen LogP contribution < -0.4 is 0 Å². The standard InChI is InChI=1S/C43H67NO12/c1-9-12-30-18-24(2)17-25(3)19-36(54-8)38(48)37-21-27(5)43(52,56-37)40(49)41(50)44-16-11-10-13-31(44)42(51)55-39(28(6)33(46)23-34(30)47)26(4)20-29-14-15-32(45)35(22-29)53-7/h9,18,20,25,27-33,35-39,45-46,48,52H,1,10-17,19,21-23H2,2-8H3/b24-18?,26-20+/t25-,27+,28+,29-,30+,31-,32?,33-,35+,36-,37?,38+,39+,43+/m0/s1. The van der Waals surface area contributed by atoms with Gasteiger partial charge in [0.25, 0.3) is 11.7 Å². The molecule has 3 fully saturated rings. The summed E-state index contributed by atoms with van der Waals surface area (Å²) in [6.45, 7) is 12.9. The van der Waals surface area contributed by atoms with Crippen LogP contribution in [-0.2, 0) is 38.1 Å². The number of ether oxygens (including phenoxy) is 4. The van der Waals surface area contributed by atoms with E-state index < -0.39 is 83.9 Å². The molecule has 13 nitrogen and oxygen atoms in total. The van der Waals surface area contributed by atoms with Gasteiger partial charge in [0, 0.05) is 44.9 Å². The number of carbonyl (C=O) groups excluding carboxylic acids is 4. The molecule has 0 spiro atoms. The lowest BCUT2D eigenvalue weighted by Crippen LogP contribution is -2.57. The molecule has 0 aromatic heterocycles. The molecule has 1 saturated carbocycles. The fraction of sp³-hybridized carbons (Fsp3) is 0.767. The zero-order chi connectivity index (χ0) is 41.5. The van der Waals surface area contributed by atoms with Crippen LogP contribution in [0.4, 0.5) is 0 Å². The number of aliphatic hydroxyl groups is 4. The van der Waals surface area contributed by atoms with Gasteiger partial charge in [0.15, 0.2) is 0 Å². The molecule has 0 aromatic carbocycles. The molecule has 0 radical (unpaired) electrons. The molecule has 0 aromatic rings.